The highest BCUT2D eigenvalue weighted by atomic mass is 32.3. The third-order valence-electron chi connectivity index (χ3n) is 2.29. The molecule has 11 heteroatoms. The van der Waals surface area contributed by atoms with E-state index < -0.39 is 20.8 Å². The topological polar surface area (TPSA) is 89.5 Å². The van der Waals surface area contributed by atoms with Gasteiger partial charge in [-0.2, -0.15) is 16.8 Å². The Bertz CT molecular complexity index is 414. The summed E-state index contributed by atoms with van der Waals surface area (Å²) in [5, 5.41) is 0. The lowest BCUT2D eigenvalue weighted by atomic mass is 10.4. The van der Waals surface area contributed by atoms with Gasteiger partial charge in [0.15, 0.2) is 6.73 Å². The lowest BCUT2D eigenvalue weighted by molar-refractivity contribution is -0.916. The van der Waals surface area contributed by atoms with Crippen LogP contribution in [0.1, 0.15) is 12.8 Å². The lowest BCUT2D eigenvalue weighted by Crippen LogP contribution is -2.42. The number of halogens is 2. The number of hydrogen-bond acceptors (Lipinski definition) is 5. The number of rotatable bonds is 4. The molecule has 0 unspecified atom stereocenters. The van der Waals surface area contributed by atoms with Crippen LogP contribution in [0.3, 0.4) is 0 Å². The number of nitrogens with one attached hydrogen (secondary N) is 1. The summed E-state index contributed by atoms with van der Waals surface area (Å²) < 4.78 is 65.5. The molecule has 110 valence electrons. The van der Waals surface area contributed by atoms with Crippen LogP contribution in [0.15, 0.2) is 0 Å². The van der Waals surface area contributed by atoms with Gasteiger partial charge in [0, 0.05) is 20.0 Å². The second-order valence-corrected chi connectivity index (χ2v) is 6.57. The maximum Gasteiger partial charge on any atom is 0.387 e. The Morgan fingerprint density at radius 1 is 1.11 bits per heavy atom. The molecule has 1 saturated heterocycles. The summed E-state index contributed by atoms with van der Waals surface area (Å²) in [6.07, 6.45) is 2.75. The molecule has 0 aliphatic carbocycles. The van der Waals surface area contributed by atoms with Crippen LogP contribution in [-0.4, -0.2) is 55.3 Å². The van der Waals surface area contributed by atoms with Crippen molar-refractivity contribution >= 4 is 20.8 Å². The molecule has 0 radical (unpaired) electrons. The van der Waals surface area contributed by atoms with Gasteiger partial charge in [0.1, 0.15) is 0 Å². The van der Waals surface area contributed by atoms with Gasteiger partial charge in [-0.3, -0.25) is 0 Å². The first kappa shape index (κ1) is 17.6. The number of ether oxygens (including phenoxy) is 1. The summed E-state index contributed by atoms with van der Waals surface area (Å²) in [6, 6.07) is 0. The van der Waals surface area contributed by atoms with Crippen molar-refractivity contribution in [3.63, 3.8) is 0 Å². The van der Waals surface area contributed by atoms with E-state index in [1.54, 1.807) is 7.11 Å². The van der Waals surface area contributed by atoms with E-state index in [0.717, 1.165) is 11.2 Å². The van der Waals surface area contributed by atoms with Crippen molar-refractivity contribution in [1.82, 2.24) is 4.13 Å². The van der Waals surface area contributed by atoms with E-state index in [4.69, 9.17) is 4.74 Å². The van der Waals surface area contributed by atoms with E-state index in [2.05, 4.69) is 7.05 Å². The lowest BCUT2D eigenvalue weighted by Gasteiger charge is -2.27. The molecule has 18 heavy (non-hydrogen) atoms. The monoisotopic (exact) mass is 311 g/mol. The average Bonchev–Trinajstić information content (AvgIpc) is 2.46. The van der Waals surface area contributed by atoms with Crippen LogP contribution >= 0.6 is 0 Å². The highest BCUT2D eigenvalue weighted by Crippen LogP contribution is 2.14. The standard InChI is InChI=1S/C7H16NO.F2HNO4S2/c1-8(7-9-2)5-3-4-6-8;1-8(4,5)3-9(2,6)7/h3-7H2,1-2H3;3H/q+1;. The zero-order valence-corrected chi connectivity index (χ0v) is 11.7. The predicted molar refractivity (Wildman–Crippen MR) is 60.2 cm³/mol. The van der Waals surface area contributed by atoms with Crippen molar-refractivity contribution in [2.24, 2.45) is 0 Å². The molecule has 0 aromatic carbocycles. The summed E-state index contributed by atoms with van der Waals surface area (Å²) >= 11 is 0. The van der Waals surface area contributed by atoms with E-state index in [1.165, 1.54) is 25.9 Å². The molecule has 0 spiro atoms. The minimum Gasteiger partial charge on any atom is -0.335 e. The third kappa shape index (κ3) is 9.65. The van der Waals surface area contributed by atoms with Crippen molar-refractivity contribution in [2.75, 3.05) is 34.0 Å². The minimum atomic E-state index is -5.49. The molecule has 7 nitrogen and oxygen atoms in total. The fourth-order valence-corrected chi connectivity index (χ4v) is 2.61. The van der Waals surface area contributed by atoms with Crippen molar-refractivity contribution in [3.05, 3.63) is 0 Å². The van der Waals surface area contributed by atoms with Crippen LogP contribution in [0.25, 0.3) is 0 Å². The van der Waals surface area contributed by atoms with Gasteiger partial charge in [0.2, 0.25) is 0 Å². The van der Waals surface area contributed by atoms with Gasteiger partial charge in [-0.1, -0.05) is 11.9 Å². The summed E-state index contributed by atoms with van der Waals surface area (Å²) in [4.78, 5) is 0. The van der Waals surface area contributed by atoms with Crippen LogP contribution in [0.5, 0.6) is 0 Å². The number of hydrogen-bond donors (Lipinski definition) is 1. The zero-order valence-electron chi connectivity index (χ0n) is 10.1. The van der Waals surface area contributed by atoms with Crippen molar-refractivity contribution < 1.29 is 33.8 Å². The number of likely N-dealkylation sites (tertiary alicyclic amines) is 1. The summed E-state index contributed by atoms with van der Waals surface area (Å²) in [5.74, 6) is 0. The molecule has 0 saturated carbocycles. The maximum absolute atomic E-state index is 11.1. The number of nitrogens with zero attached hydrogens (tertiary/aromatic N) is 1. The second-order valence-electron chi connectivity index (χ2n) is 4.15. The molecule has 0 aromatic heterocycles. The largest absolute Gasteiger partial charge is 0.387 e. The summed E-state index contributed by atoms with van der Waals surface area (Å²) in [5.41, 5.74) is 0. The molecule has 1 aliphatic rings. The highest BCUT2D eigenvalue weighted by molar-refractivity contribution is 7.99. The highest BCUT2D eigenvalue weighted by Gasteiger charge is 2.25. The second kappa shape index (κ2) is 6.70. The summed E-state index contributed by atoms with van der Waals surface area (Å²) in [7, 11) is -6.95. The van der Waals surface area contributed by atoms with Gasteiger partial charge >= 0.3 is 20.8 Å². The molecule has 0 aromatic rings. The van der Waals surface area contributed by atoms with E-state index >= 15 is 0 Å². The normalized spacial score (nSPS) is 19.1. The van der Waals surface area contributed by atoms with Crippen LogP contribution in [0.2, 0.25) is 0 Å². The first-order valence-corrected chi connectivity index (χ1v) is 7.74. The molecule has 1 N–H and O–H groups in total. The van der Waals surface area contributed by atoms with Gasteiger partial charge in [-0.05, 0) is 0 Å². The van der Waals surface area contributed by atoms with E-state index in [1.807, 2.05) is 0 Å². The molecule has 1 fully saturated rings. The van der Waals surface area contributed by atoms with Crippen LogP contribution in [-0.2, 0) is 25.6 Å². The van der Waals surface area contributed by atoms with Gasteiger partial charge < -0.3 is 9.22 Å². The molecule has 1 rings (SSSR count). The van der Waals surface area contributed by atoms with Crippen LogP contribution in [0, 0.1) is 0 Å². The fraction of sp³-hybridized carbons (Fsp3) is 1.00. The molecule has 0 atom stereocenters. The van der Waals surface area contributed by atoms with Gasteiger partial charge in [0.25, 0.3) is 0 Å². The molecular formula is C7H17F2N2O5S2+. The predicted octanol–water partition coefficient (Wildman–Crippen LogP) is -0.165. The van der Waals surface area contributed by atoms with E-state index in [-0.39, 0.29) is 4.13 Å². The SMILES string of the molecule is COC[N+]1(C)CCCC1.O=S(=O)(F)NS(=O)(=O)F. The summed E-state index contributed by atoms with van der Waals surface area (Å²) in [6.45, 7) is 3.49. The Kier molecular flexibility index (Phi) is 6.57. The van der Waals surface area contributed by atoms with Crippen LogP contribution in [0.4, 0.5) is 7.77 Å². The molecular weight excluding hydrogens is 294 g/mol. The van der Waals surface area contributed by atoms with Gasteiger partial charge in [-0.15, -0.1) is 0 Å². The average molecular weight is 311 g/mol. The minimum absolute atomic E-state index is 0.0694. The first-order chi connectivity index (χ1) is 7.97. The Labute approximate surface area is 106 Å². The maximum atomic E-state index is 11.1. The van der Waals surface area contributed by atoms with Crippen molar-refractivity contribution in [1.29, 1.82) is 0 Å². The molecule has 0 bridgehead atoms. The van der Waals surface area contributed by atoms with Crippen molar-refractivity contribution in [3.8, 4) is 0 Å². The van der Waals surface area contributed by atoms with Crippen LogP contribution < -0.4 is 4.13 Å². The Morgan fingerprint density at radius 3 is 1.72 bits per heavy atom. The Hall–Kier alpha value is -0.360. The Balaban J connectivity index is 0.000000321. The third-order valence-corrected chi connectivity index (χ3v) is 3.88. The quantitative estimate of drug-likeness (QED) is 0.575. The van der Waals surface area contributed by atoms with E-state index in [0.29, 0.717) is 0 Å². The fourth-order valence-electron chi connectivity index (χ4n) is 1.66. The number of methoxy groups -OCH3 is 1. The number of quaternary nitrogens is 1. The van der Waals surface area contributed by atoms with Gasteiger partial charge in [0.05, 0.1) is 20.1 Å². The molecule has 1 heterocycles. The Morgan fingerprint density at radius 2 is 1.50 bits per heavy atom. The smallest absolute Gasteiger partial charge is 0.335 e. The molecule has 0 amide bonds. The van der Waals surface area contributed by atoms with Gasteiger partial charge in [-0.25, -0.2) is 0 Å². The van der Waals surface area contributed by atoms with Crippen molar-refractivity contribution in [2.45, 2.75) is 12.8 Å². The first-order valence-electron chi connectivity index (χ1n) is 4.98. The molecule has 1 aliphatic heterocycles. The zero-order chi connectivity index (χ0) is 14.4. The van der Waals surface area contributed by atoms with E-state index in [9.17, 15) is 24.6 Å².